The normalized spacial score (nSPS) is 11.6. The summed E-state index contributed by atoms with van der Waals surface area (Å²) in [4.78, 5) is 0.320. The van der Waals surface area contributed by atoms with Crippen molar-refractivity contribution in [2.45, 2.75) is 18.2 Å². The second-order valence-corrected chi connectivity index (χ2v) is 5.28. The van der Waals surface area contributed by atoms with Crippen LogP contribution in [0.25, 0.3) is 0 Å². The van der Waals surface area contributed by atoms with Crippen LogP contribution in [0.15, 0.2) is 53.6 Å². The topological polar surface area (TPSA) is 39.1 Å². The summed E-state index contributed by atoms with van der Waals surface area (Å²) >= 11 is 0. The van der Waals surface area contributed by atoms with Gasteiger partial charge in [0.2, 0.25) is 0 Å². The Labute approximate surface area is 95.4 Å². The largest absolute Gasteiger partial charge is 0.267 e. The van der Waals surface area contributed by atoms with Crippen molar-refractivity contribution >= 4 is 10.0 Å². The second-order valence-electron chi connectivity index (χ2n) is 3.47. The van der Waals surface area contributed by atoms with E-state index in [1.165, 1.54) is 3.97 Å². The number of aromatic nitrogens is 1. The Morgan fingerprint density at radius 3 is 2.38 bits per heavy atom. The summed E-state index contributed by atoms with van der Waals surface area (Å²) in [5.41, 5.74) is 0.795. The molecule has 0 amide bonds. The molecular weight excluding hydrogens is 222 g/mol. The molecule has 1 aromatic carbocycles. The Morgan fingerprint density at radius 2 is 1.75 bits per heavy atom. The number of nitrogens with zero attached hydrogens (tertiary/aromatic N) is 1. The minimum absolute atomic E-state index is 0.320. The first-order valence-corrected chi connectivity index (χ1v) is 6.57. The highest BCUT2D eigenvalue weighted by atomic mass is 32.2. The van der Waals surface area contributed by atoms with Gasteiger partial charge in [0, 0.05) is 11.9 Å². The maximum atomic E-state index is 12.2. The highest BCUT2D eigenvalue weighted by Crippen LogP contribution is 2.16. The van der Waals surface area contributed by atoms with Crippen LogP contribution in [0, 0.1) is 0 Å². The van der Waals surface area contributed by atoms with Gasteiger partial charge < -0.3 is 0 Å². The molecule has 0 saturated heterocycles. The van der Waals surface area contributed by atoms with Gasteiger partial charge >= 0.3 is 0 Å². The minimum atomic E-state index is -3.42. The molecular formula is C12H13NO2S. The molecule has 16 heavy (non-hydrogen) atoms. The number of hydrogen-bond donors (Lipinski definition) is 0. The molecule has 0 radical (unpaired) electrons. The molecule has 0 aliphatic heterocycles. The predicted molar refractivity (Wildman–Crippen MR) is 62.8 cm³/mol. The molecule has 1 heterocycles. The molecule has 84 valence electrons. The highest BCUT2D eigenvalue weighted by molar-refractivity contribution is 7.90. The summed E-state index contributed by atoms with van der Waals surface area (Å²) in [5.74, 6) is 0. The average molecular weight is 235 g/mol. The molecule has 0 unspecified atom stereocenters. The van der Waals surface area contributed by atoms with E-state index in [2.05, 4.69) is 0 Å². The van der Waals surface area contributed by atoms with E-state index in [1.807, 2.05) is 13.0 Å². The second kappa shape index (κ2) is 4.14. The zero-order valence-electron chi connectivity index (χ0n) is 9.00. The lowest BCUT2D eigenvalue weighted by atomic mass is 10.3. The van der Waals surface area contributed by atoms with Crippen molar-refractivity contribution in [3.05, 3.63) is 54.4 Å². The lowest BCUT2D eigenvalue weighted by molar-refractivity contribution is 0.585. The molecule has 1 aromatic heterocycles. The van der Waals surface area contributed by atoms with Gasteiger partial charge in [0.15, 0.2) is 0 Å². The Bertz CT molecular complexity index is 570. The first-order valence-electron chi connectivity index (χ1n) is 5.13. The van der Waals surface area contributed by atoms with Crippen molar-refractivity contribution in [2.24, 2.45) is 0 Å². The van der Waals surface area contributed by atoms with Gasteiger partial charge in [0.1, 0.15) is 0 Å². The molecule has 0 aliphatic rings. The zero-order valence-corrected chi connectivity index (χ0v) is 9.81. The number of benzene rings is 1. The van der Waals surface area contributed by atoms with Crippen molar-refractivity contribution in [3.63, 3.8) is 0 Å². The summed E-state index contributed by atoms with van der Waals surface area (Å²) in [7, 11) is -3.42. The van der Waals surface area contributed by atoms with Crippen LogP contribution < -0.4 is 0 Å². The first kappa shape index (κ1) is 11.0. The SMILES string of the molecule is CCc1cccn1S(=O)(=O)c1ccccc1. The van der Waals surface area contributed by atoms with Gasteiger partial charge in [-0.25, -0.2) is 12.4 Å². The summed E-state index contributed by atoms with van der Waals surface area (Å²) in [6.45, 7) is 1.94. The van der Waals surface area contributed by atoms with E-state index in [4.69, 9.17) is 0 Å². The molecule has 4 heteroatoms. The Balaban J connectivity index is 2.56. The Morgan fingerprint density at radius 1 is 1.06 bits per heavy atom. The highest BCUT2D eigenvalue weighted by Gasteiger charge is 2.17. The fraction of sp³-hybridized carbons (Fsp3) is 0.167. The lowest BCUT2D eigenvalue weighted by Gasteiger charge is -2.08. The van der Waals surface area contributed by atoms with Crippen molar-refractivity contribution < 1.29 is 8.42 Å². The quantitative estimate of drug-likeness (QED) is 0.818. The van der Waals surface area contributed by atoms with Crippen molar-refractivity contribution in [2.75, 3.05) is 0 Å². The Hall–Kier alpha value is -1.55. The molecule has 0 atom stereocenters. The van der Waals surface area contributed by atoms with Crippen molar-refractivity contribution in [3.8, 4) is 0 Å². The third kappa shape index (κ3) is 1.76. The van der Waals surface area contributed by atoms with Crippen LogP contribution in [0.5, 0.6) is 0 Å². The number of aryl methyl sites for hydroxylation is 1. The van der Waals surface area contributed by atoms with Crippen LogP contribution in [0.4, 0.5) is 0 Å². The fourth-order valence-corrected chi connectivity index (χ4v) is 3.07. The minimum Gasteiger partial charge on any atom is -0.246 e. The molecule has 2 aromatic rings. The van der Waals surface area contributed by atoms with Crippen LogP contribution in [0.3, 0.4) is 0 Å². The van der Waals surface area contributed by atoms with Gasteiger partial charge in [0.25, 0.3) is 10.0 Å². The standard InChI is InChI=1S/C12H13NO2S/c1-2-11-7-6-10-13(11)16(14,15)12-8-4-3-5-9-12/h3-10H,2H2,1H3. The summed E-state index contributed by atoms with van der Waals surface area (Å²) in [6, 6.07) is 12.0. The molecule has 0 saturated carbocycles. The van der Waals surface area contributed by atoms with E-state index in [1.54, 1.807) is 42.6 Å². The Kier molecular flexibility index (Phi) is 2.83. The monoisotopic (exact) mass is 235 g/mol. The molecule has 2 rings (SSSR count). The molecule has 0 fully saturated rings. The van der Waals surface area contributed by atoms with Gasteiger partial charge in [-0.05, 0) is 30.7 Å². The van der Waals surface area contributed by atoms with E-state index >= 15 is 0 Å². The van der Waals surface area contributed by atoms with Crippen LogP contribution in [0.1, 0.15) is 12.6 Å². The summed E-state index contributed by atoms with van der Waals surface area (Å²) in [5, 5.41) is 0. The fourth-order valence-electron chi connectivity index (χ4n) is 1.62. The predicted octanol–water partition coefficient (Wildman–Crippen LogP) is 2.29. The molecule has 0 bridgehead atoms. The summed E-state index contributed by atoms with van der Waals surface area (Å²) < 4.78 is 25.8. The maximum absolute atomic E-state index is 12.2. The van der Waals surface area contributed by atoms with E-state index in [9.17, 15) is 8.42 Å². The van der Waals surface area contributed by atoms with Gasteiger partial charge in [-0.2, -0.15) is 0 Å². The smallest absolute Gasteiger partial charge is 0.246 e. The average Bonchev–Trinajstić information content (AvgIpc) is 2.79. The van der Waals surface area contributed by atoms with Crippen molar-refractivity contribution in [1.82, 2.24) is 3.97 Å². The number of hydrogen-bond acceptors (Lipinski definition) is 2. The van der Waals surface area contributed by atoms with Crippen molar-refractivity contribution in [1.29, 1.82) is 0 Å². The van der Waals surface area contributed by atoms with Crippen LogP contribution in [0.2, 0.25) is 0 Å². The summed E-state index contributed by atoms with van der Waals surface area (Å²) in [6.07, 6.45) is 2.28. The molecule has 0 aliphatic carbocycles. The van der Waals surface area contributed by atoms with E-state index in [-0.39, 0.29) is 0 Å². The molecule has 0 spiro atoms. The zero-order chi connectivity index (χ0) is 11.6. The third-order valence-electron chi connectivity index (χ3n) is 2.46. The first-order chi connectivity index (χ1) is 7.66. The van der Waals surface area contributed by atoms with Crippen LogP contribution >= 0.6 is 0 Å². The van der Waals surface area contributed by atoms with E-state index < -0.39 is 10.0 Å². The third-order valence-corrected chi connectivity index (χ3v) is 4.20. The molecule has 0 N–H and O–H groups in total. The van der Waals surface area contributed by atoms with Gasteiger partial charge in [0.05, 0.1) is 4.90 Å². The van der Waals surface area contributed by atoms with Gasteiger partial charge in [-0.15, -0.1) is 0 Å². The molecule has 3 nitrogen and oxygen atoms in total. The van der Waals surface area contributed by atoms with E-state index in [0.29, 0.717) is 11.3 Å². The van der Waals surface area contributed by atoms with Crippen LogP contribution in [-0.4, -0.2) is 12.4 Å². The van der Waals surface area contributed by atoms with Gasteiger partial charge in [-0.3, -0.25) is 0 Å². The maximum Gasteiger partial charge on any atom is 0.267 e. The van der Waals surface area contributed by atoms with Gasteiger partial charge in [-0.1, -0.05) is 25.1 Å². The van der Waals surface area contributed by atoms with E-state index in [0.717, 1.165) is 5.69 Å². The lowest BCUT2D eigenvalue weighted by Crippen LogP contribution is -2.14. The number of rotatable bonds is 3. The van der Waals surface area contributed by atoms with Crippen LogP contribution in [-0.2, 0) is 16.4 Å².